The lowest BCUT2D eigenvalue weighted by Gasteiger charge is -2.26. The molecule has 2 heterocycles. The van der Waals surface area contributed by atoms with E-state index >= 15 is 0 Å². The molecule has 0 spiro atoms. The lowest BCUT2D eigenvalue weighted by Crippen LogP contribution is -2.35. The first kappa shape index (κ1) is 22.2. The van der Waals surface area contributed by atoms with E-state index in [9.17, 15) is 13.2 Å². The Kier molecular flexibility index (Phi) is 6.67. The number of carbonyl (C=O) groups excluding carboxylic acids is 1. The topological polar surface area (TPSA) is 76.6 Å². The number of rotatable bonds is 6. The van der Waals surface area contributed by atoms with Crippen LogP contribution in [0.4, 0.5) is 0 Å². The van der Waals surface area contributed by atoms with Gasteiger partial charge in [0.2, 0.25) is 10.0 Å². The van der Waals surface area contributed by atoms with Gasteiger partial charge in [-0.3, -0.25) is 4.98 Å². The Morgan fingerprint density at radius 3 is 2.38 bits per heavy atom. The zero-order valence-electron chi connectivity index (χ0n) is 18.0. The Morgan fingerprint density at radius 2 is 1.69 bits per heavy atom. The number of benzene rings is 2. The minimum atomic E-state index is -3.65. The van der Waals surface area contributed by atoms with Crippen LogP contribution in [0, 0.1) is 6.92 Å². The molecule has 1 aliphatic heterocycles. The highest BCUT2D eigenvalue weighted by atomic mass is 32.2. The quantitative estimate of drug-likeness (QED) is 0.517. The van der Waals surface area contributed by atoms with Crippen molar-refractivity contribution in [1.29, 1.82) is 0 Å². The van der Waals surface area contributed by atoms with Gasteiger partial charge in [-0.15, -0.1) is 0 Å². The SMILES string of the molecule is Cc1ccc(S(=O)(=O)N2CCCCC2)cc1C(=O)OC(c1ccccc1)c1ccccn1. The van der Waals surface area contributed by atoms with E-state index in [2.05, 4.69) is 4.98 Å². The summed E-state index contributed by atoms with van der Waals surface area (Å²) in [5, 5.41) is 0. The number of esters is 1. The maximum Gasteiger partial charge on any atom is 0.339 e. The smallest absolute Gasteiger partial charge is 0.339 e. The molecule has 1 fully saturated rings. The first-order chi connectivity index (χ1) is 15.5. The summed E-state index contributed by atoms with van der Waals surface area (Å²) in [4.78, 5) is 17.7. The molecule has 1 unspecified atom stereocenters. The van der Waals surface area contributed by atoms with Crippen molar-refractivity contribution in [1.82, 2.24) is 9.29 Å². The average molecular weight is 451 g/mol. The van der Waals surface area contributed by atoms with Crippen LogP contribution >= 0.6 is 0 Å². The standard InChI is InChI=1S/C25H26N2O4S/c1-19-13-14-21(32(29,30)27-16-8-3-9-17-27)18-22(19)25(28)31-24(20-10-4-2-5-11-20)23-12-6-7-15-26-23/h2,4-7,10-15,18,24H,3,8-9,16-17H2,1H3. The van der Waals surface area contributed by atoms with Gasteiger partial charge in [-0.25, -0.2) is 13.2 Å². The molecule has 1 atom stereocenters. The zero-order chi connectivity index (χ0) is 22.6. The van der Waals surface area contributed by atoms with Crippen molar-refractivity contribution in [2.75, 3.05) is 13.1 Å². The van der Waals surface area contributed by atoms with Crippen LogP contribution in [0.25, 0.3) is 0 Å². The van der Waals surface area contributed by atoms with Crippen LogP contribution < -0.4 is 0 Å². The van der Waals surface area contributed by atoms with Crippen molar-refractivity contribution in [3.05, 3.63) is 95.3 Å². The number of pyridine rings is 1. The van der Waals surface area contributed by atoms with Crippen LogP contribution in [0.3, 0.4) is 0 Å². The second kappa shape index (κ2) is 9.63. The molecule has 6 nitrogen and oxygen atoms in total. The molecular weight excluding hydrogens is 424 g/mol. The van der Waals surface area contributed by atoms with Crippen molar-refractivity contribution < 1.29 is 17.9 Å². The van der Waals surface area contributed by atoms with Gasteiger partial charge in [0.1, 0.15) is 0 Å². The molecule has 166 valence electrons. The van der Waals surface area contributed by atoms with Gasteiger partial charge in [0.25, 0.3) is 0 Å². The summed E-state index contributed by atoms with van der Waals surface area (Å²) in [7, 11) is -3.65. The third kappa shape index (κ3) is 4.74. The highest BCUT2D eigenvalue weighted by Crippen LogP contribution is 2.28. The van der Waals surface area contributed by atoms with Gasteiger partial charge >= 0.3 is 5.97 Å². The summed E-state index contributed by atoms with van der Waals surface area (Å²) in [5.41, 5.74) is 2.27. The number of hydrogen-bond donors (Lipinski definition) is 0. The molecule has 7 heteroatoms. The van der Waals surface area contributed by atoms with Gasteiger partial charge in [-0.2, -0.15) is 4.31 Å². The highest BCUT2D eigenvalue weighted by molar-refractivity contribution is 7.89. The van der Waals surface area contributed by atoms with Gasteiger partial charge in [0.05, 0.1) is 16.2 Å². The molecule has 0 bridgehead atoms. The van der Waals surface area contributed by atoms with Crippen molar-refractivity contribution >= 4 is 16.0 Å². The third-order valence-corrected chi connectivity index (χ3v) is 7.56. The van der Waals surface area contributed by atoms with Gasteiger partial charge in [-0.1, -0.05) is 48.9 Å². The Balaban J connectivity index is 1.65. The van der Waals surface area contributed by atoms with Crippen LogP contribution in [0.1, 0.15) is 52.5 Å². The van der Waals surface area contributed by atoms with E-state index in [1.807, 2.05) is 36.4 Å². The third-order valence-electron chi connectivity index (χ3n) is 5.67. The summed E-state index contributed by atoms with van der Waals surface area (Å²) in [6.45, 7) is 2.78. The highest BCUT2D eigenvalue weighted by Gasteiger charge is 2.28. The Hall–Kier alpha value is -3.03. The van der Waals surface area contributed by atoms with Crippen molar-refractivity contribution in [2.45, 2.75) is 37.2 Å². The van der Waals surface area contributed by atoms with Crippen LogP contribution in [0.2, 0.25) is 0 Å². The second-order valence-corrected chi connectivity index (χ2v) is 9.83. The van der Waals surface area contributed by atoms with Gasteiger partial charge in [0.15, 0.2) is 6.10 Å². The first-order valence-electron chi connectivity index (χ1n) is 10.7. The van der Waals surface area contributed by atoms with Crippen molar-refractivity contribution in [2.24, 2.45) is 0 Å². The van der Waals surface area contributed by atoms with E-state index in [4.69, 9.17) is 4.74 Å². The summed E-state index contributed by atoms with van der Waals surface area (Å²) in [6.07, 6.45) is 3.68. The monoisotopic (exact) mass is 450 g/mol. The number of aryl methyl sites for hydroxylation is 1. The maximum absolute atomic E-state index is 13.2. The molecule has 1 aliphatic rings. The molecule has 0 amide bonds. The summed E-state index contributed by atoms with van der Waals surface area (Å²) < 4.78 is 33.6. The molecule has 1 saturated heterocycles. The normalized spacial score (nSPS) is 15.8. The fraction of sp³-hybridized carbons (Fsp3) is 0.280. The fourth-order valence-corrected chi connectivity index (χ4v) is 5.41. The van der Waals surface area contributed by atoms with Gasteiger partial charge in [0, 0.05) is 19.3 Å². The maximum atomic E-state index is 13.2. The number of nitrogens with zero attached hydrogens (tertiary/aromatic N) is 2. The molecular formula is C25H26N2O4S. The molecule has 2 aromatic carbocycles. The van der Waals surface area contributed by atoms with E-state index in [1.165, 1.54) is 10.4 Å². The minimum Gasteiger partial charge on any atom is -0.447 e. The summed E-state index contributed by atoms with van der Waals surface area (Å²) >= 11 is 0. The number of carbonyl (C=O) groups is 1. The molecule has 4 rings (SSSR count). The molecule has 0 saturated carbocycles. The largest absolute Gasteiger partial charge is 0.447 e. The number of aromatic nitrogens is 1. The Labute approximate surface area is 188 Å². The van der Waals surface area contributed by atoms with E-state index in [0.717, 1.165) is 24.8 Å². The van der Waals surface area contributed by atoms with E-state index in [0.29, 0.717) is 24.3 Å². The van der Waals surface area contributed by atoms with Crippen LogP contribution in [0.5, 0.6) is 0 Å². The van der Waals surface area contributed by atoms with Crippen LogP contribution in [-0.4, -0.2) is 36.8 Å². The molecule has 32 heavy (non-hydrogen) atoms. The summed E-state index contributed by atoms with van der Waals surface area (Å²) in [5.74, 6) is -0.585. The van der Waals surface area contributed by atoms with Crippen molar-refractivity contribution in [3.8, 4) is 0 Å². The van der Waals surface area contributed by atoms with E-state index in [-0.39, 0.29) is 10.5 Å². The van der Waals surface area contributed by atoms with Gasteiger partial charge < -0.3 is 4.74 Å². The molecule has 1 aromatic heterocycles. The predicted octanol–water partition coefficient (Wildman–Crippen LogP) is 4.51. The zero-order valence-corrected chi connectivity index (χ0v) is 18.8. The Bertz CT molecular complexity index is 1140. The molecule has 0 N–H and O–H groups in total. The number of sulfonamides is 1. The van der Waals surface area contributed by atoms with Crippen LogP contribution in [0.15, 0.2) is 77.8 Å². The van der Waals surface area contributed by atoms with Gasteiger partial charge in [-0.05, 0) is 55.2 Å². The molecule has 0 aliphatic carbocycles. The lowest BCUT2D eigenvalue weighted by atomic mass is 10.1. The number of hydrogen-bond acceptors (Lipinski definition) is 5. The molecule has 0 radical (unpaired) electrons. The first-order valence-corrected chi connectivity index (χ1v) is 12.2. The average Bonchev–Trinajstić information content (AvgIpc) is 2.84. The minimum absolute atomic E-state index is 0.117. The van der Waals surface area contributed by atoms with Crippen molar-refractivity contribution in [3.63, 3.8) is 0 Å². The lowest BCUT2D eigenvalue weighted by molar-refractivity contribution is 0.0369. The van der Waals surface area contributed by atoms with E-state index < -0.39 is 22.1 Å². The van der Waals surface area contributed by atoms with Crippen LogP contribution in [-0.2, 0) is 14.8 Å². The fourth-order valence-electron chi connectivity index (χ4n) is 3.86. The second-order valence-electron chi connectivity index (χ2n) is 7.89. The number of piperidine rings is 1. The van der Waals surface area contributed by atoms with E-state index in [1.54, 1.807) is 37.4 Å². The molecule has 3 aromatic rings. The predicted molar refractivity (Wildman–Crippen MR) is 122 cm³/mol. The summed E-state index contributed by atoms with van der Waals surface area (Å²) in [6, 6.07) is 19.5. The number of ether oxygens (including phenoxy) is 1. The Morgan fingerprint density at radius 1 is 0.969 bits per heavy atom.